The second-order valence-corrected chi connectivity index (χ2v) is 3.74. The van der Waals surface area contributed by atoms with E-state index < -0.39 is 0 Å². The summed E-state index contributed by atoms with van der Waals surface area (Å²) < 4.78 is 18.9. The van der Waals surface area contributed by atoms with Gasteiger partial charge in [-0.05, 0) is 38.0 Å². The highest BCUT2D eigenvalue weighted by atomic mass is 19.1. The molecule has 0 heterocycles. The maximum Gasteiger partial charge on any atom is 0.128 e. The molecule has 1 rings (SSSR count). The molecule has 0 aromatic heterocycles. The lowest BCUT2D eigenvalue weighted by atomic mass is 9.99. The molecule has 0 aliphatic carbocycles. The summed E-state index contributed by atoms with van der Waals surface area (Å²) >= 11 is 0. The van der Waals surface area contributed by atoms with E-state index in [1.807, 2.05) is 26.8 Å². The molecule has 2 N–H and O–H groups in total. The van der Waals surface area contributed by atoms with Gasteiger partial charge in [-0.15, -0.1) is 0 Å². The van der Waals surface area contributed by atoms with E-state index in [4.69, 9.17) is 10.5 Å². The summed E-state index contributed by atoms with van der Waals surface area (Å²) in [5, 5.41) is 0. The van der Waals surface area contributed by atoms with Crippen LogP contribution in [0.15, 0.2) is 12.1 Å². The summed E-state index contributed by atoms with van der Waals surface area (Å²) in [5.74, 6) is -0.236. The van der Waals surface area contributed by atoms with Crippen molar-refractivity contribution in [3.05, 3.63) is 34.6 Å². The summed E-state index contributed by atoms with van der Waals surface area (Å²) in [6.07, 6.45) is 0. The van der Waals surface area contributed by atoms with Gasteiger partial charge in [0.1, 0.15) is 5.82 Å². The minimum Gasteiger partial charge on any atom is -0.380 e. The van der Waals surface area contributed by atoms with Gasteiger partial charge in [-0.25, -0.2) is 4.39 Å². The van der Waals surface area contributed by atoms with Crippen molar-refractivity contribution >= 4 is 0 Å². The monoisotopic (exact) mass is 211 g/mol. The van der Waals surface area contributed by atoms with Gasteiger partial charge in [0.15, 0.2) is 0 Å². The molecule has 1 aromatic carbocycles. The van der Waals surface area contributed by atoms with E-state index in [1.54, 1.807) is 0 Å². The molecule has 84 valence electrons. The Balaban J connectivity index is 2.92. The fourth-order valence-electron chi connectivity index (χ4n) is 1.72. The Labute approximate surface area is 90.2 Å². The third kappa shape index (κ3) is 3.01. The number of hydrogen-bond acceptors (Lipinski definition) is 2. The summed E-state index contributed by atoms with van der Waals surface area (Å²) in [7, 11) is 0. The van der Waals surface area contributed by atoms with Crippen LogP contribution in [0.25, 0.3) is 0 Å². The lowest BCUT2D eigenvalue weighted by Gasteiger charge is -2.16. The van der Waals surface area contributed by atoms with Crippen LogP contribution in [0.2, 0.25) is 0 Å². The number of benzene rings is 1. The van der Waals surface area contributed by atoms with Crippen LogP contribution in [-0.2, 0) is 4.74 Å². The third-order valence-corrected chi connectivity index (χ3v) is 2.35. The highest BCUT2D eigenvalue weighted by Crippen LogP contribution is 2.21. The maximum absolute atomic E-state index is 13.7. The second kappa shape index (κ2) is 5.24. The lowest BCUT2D eigenvalue weighted by molar-refractivity contribution is 0.132. The zero-order chi connectivity index (χ0) is 11.4. The quantitative estimate of drug-likeness (QED) is 0.830. The van der Waals surface area contributed by atoms with Crippen LogP contribution in [0, 0.1) is 19.7 Å². The summed E-state index contributed by atoms with van der Waals surface area (Å²) in [6, 6.07) is 3.06. The van der Waals surface area contributed by atoms with Gasteiger partial charge in [0.25, 0.3) is 0 Å². The molecule has 0 saturated carbocycles. The Hall–Kier alpha value is -0.930. The van der Waals surface area contributed by atoms with Gasteiger partial charge in [-0.2, -0.15) is 0 Å². The molecule has 0 spiro atoms. The van der Waals surface area contributed by atoms with E-state index in [9.17, 15) is 4.39 Å². The van der Waals surface area contributed by atoms with Gasteiger partial charge in [0, 0.05) is 12.2 Å². The van der Waals surface area contributed by atoms with Crippen LogP contribution in [0.3, 0.4) is 0 Å². The first-order chi connectivity index (χ1) is 7.06. The van der Waals surface area contributed by atoms with Crippen LogP contribution in [0.1, 0.15) is 29.7 Å². The number of aryl methyl sites for hydroxylation is 2. The molecule has 0 aliphatic rings. The lowest BCUT2D eigenvalue weighted by Crippen LogP contribution is -2.19. The molecule has 0 radical (unpaired) electrons. The zero-order valence-electron chi connectivity index (χ0n) is 9.51. The molecule has 0 fully saturated rings. The van der Waals surface area contributed by atoms with Gasteiger partial charge in [0.05, 0.1) is 12.6 Å². The molecule has 15 heavy (non-hydrogen) atoms. The van der Waals surface area contributed by atoms with Gasteiger partial charge < -0.3 is 10.5 Å². The third-order valence-electron chi connectivity index (χ3n) is 2.35. The molecule has 0 aliphatic heterocycles. The molecule has 0 amide bonds. The van der Waals surface area contributed by atoms with Gasteiger partial charge in [-0.1, -0.05) is 6.07 Å². The highest BCUT2D eigenvalue weighted by molar-refractivity contribution is 5.34. The van der Waals surface area contributed by atoms with Gasteiger partial charge in [0.2, 0.25) is 0 Å². The summed E-state index contributed by atoms with van der Waals surface area (Å²) in [6.45, 7) is 6.59. The molecular weight excluding hydrogens is 193 g/mol. The highest BCUT2D eigenvalue weighted by Gasteiger charge is 2.14. The van der Waals surface area contributed by atoms with Crippen molar-refractivity contribution in [1.82, 2.24) is 0 Å². The zero-order valence-corrected chi connectivity index (χ0v) is 9.51. The Morgan fingerprint density at radius 1 is 1.40 bits per heavy atom. The number of ether oxygens (including phenoxy) is 1. The van der Waals surface area contributed by atoms with Crippen LogP contribution >= 0.6 is 0 Å². The largest absolute Gasteiger partial charge is 0.380 e. The molecular formula is C12H18FNO. The molecule has 1 aromatic rings. The van der Waals surface area contributed by atoms with Crippen LogP contribution in [-0.4, -0.2) is 13.2 Å². The average Bonchev–Trinajstić information content (AvgIpc) is 2.12. The first-order valence-electron chi connectivity index (χ1n) is 5.16. The number of halogens is 1. The average molecular weight is 211 g/mol. The fourth-order valence-corrected chi connectivity index (χ4v) is 1.72. The van der Waals surface area contributed by atoms with Crippen molar-refractivity contribution in [3.63, 3.8) is 0 Å². The number of nitrogens with two attached hydrogens (primary N) is 1. The van der Waals surface area contributed by atoms with E-state index in [-0.39, 0.29) is 11.9 Å². The Kier molecular flexibility index (Phi) is 4.24. The van der Waals surface area contributed by atoms with Crippen LogP contribution in [0.5, 0.6) is 0 Å². The molecule has 0 bridgehead atoms. The van der Waals surface area contributed by atoms with Crippen LogP contribution in [0.4, 0.5) is 4.39 Å². The number of hydrogen-bond donors (Lipinski definition) is 1. The molecule has 1 atom stereocenters. The van der Waals surface area contributed by atoms with Crippen molar-refractivity contribution in [2.45, 2.75) is 26.8 Å². The minimum atomic E-state index is -0.384. The minimum absolute atomic E-state index is 0.236. The smallest absolute Gasteiger partial charge is 0.128 e. The Morgan fingerprint density at radius 2 is 2.07 bits per heavy atom. The van der Waals surface area contributed by atoms with E-state index in [2.05, 4.69) is 0 Å². The van der Waals surface area contributed by atoms with Crippen molar-refractivity contribution in [2.24, 2.45) is 5.73 Å². The second-order valence-electron chi connectivity index (χ2n) is 3.74. The Bertz CT molecular complexity index is 315. The fraction of sp³-hybridized carbons (Fsp3) is 0.500. The number of rotatable bonds is 4. The normalized spacial score (nSPS) is 12.9. The maximum atomic E-state index is 13.7. The Morgan fingerprint density at radius 3 is 2.60 bits per heavy atom. The van der Waals surface area contributed by atoms with E-state index >= 15 is 0 Å². The van der Waals surface area contributed by atoms with Gasteiger partial charge in [-0.3, -0.25) is 0 Å². The molecule has 1 unspecified atom stereocenters. The molecule has 3 heteroatoms. The molecule has 0 saturated heterocycles. The standard InChI is InChI=1S/C12H18FNO/c1-4-15-7-11(14)12-9(3)5-8(2)6-10(12)13/h5-6,11H,4,7,14H2,1-3H3. The van der Waals surface area contributed by atoms with Gasteiger partial charge >= 0.3 is 0 Å². The van der Waals surface area contributed by atoms with E-state index in [0.29, 0.717) is 18.8 Å². The molecule has 2 nitrogen and oxygen atoms in total. The predicted molar refractivity (Wildman–Crippen MR) is 59.3 cm³/mol. The summed E-state index contributed by atoms with van der Waals surface area (Å²) in [5.41, 5.74) is 8.23. The first-order valence-corrected chi connectivity index (χ1v) is 5.16. The first kappa shape index (κ1) is 12.1. The predicted octanol–water partition coefficient (Wildman–Crippen LogP) is 2.48. The van der Waals surface area contributed by atoms with Crippen molar-refractivity contribution < 1.29 is 9.13 Å². The van der Waals surface area contributed by atoms with Crippen LogP contribution < -0.4 is 5.73 Å². The topological polar surface area (TPSA) is 35.2 Å². The van der Waals surface area contributed by atoms with Crippen molar-refractivity contribution in [2.75, 3.05) is 13.2 Å². The summed E-state index contributed by atoms with van der Waals surface area (Å²) in [4.78, 5) is 0. The van der Waals surface area contributed by atoms with E-state index in [0.717, 1.165) is 11.1 Å². The SMILES string of the molecule is CCOCC(N)c1c(C)cc(C)cc1F. The van der Waals surface area contributed by atoms with Crippen molar-refractivity contribution in [3.8, 4) is 0 Å². The van der Waals surface area contributed by atoms with Crippen molar-refractivity contribution in [1.29, 1.82) is 0 Å². The van der Waals surface area contributed by atoms with E-state index in [1.165, 1.54) is 6.07 Å².